The van der Waals surface area contributed by atoms with E-state index in [1.165, 1.54) is 0 Å². The van der Waals surface area contributed by atoms with Crippen LogP contribution in [0, 0.1) is 6.92 Å². The zero-order chi connectivity index (χ0) is 23.0. The molecule has 0 radical (unpaired) electrons. The van der Waals surface area contributed by atoms with E-state index in [4.69, 9.17) is 9.97 Å². The lowest BCUT2D eigenvalue weighted by Crippen LogP contribution is -2.36. The molecule has 2 aliphatic rings. The van der Waals surface area contributed by atoms with Crippen LogP contribution >= 0.6 is 11.3 Å². The van der Waals surface area contributed by atoms with Crippen LogP contribution in [0.15, 0.2) is 30.6 Å². The molecule has 0 unspecified atom stereocenters. The minimum atomic E-state index is 0.145. The Bertz CT molecular complexity index is 1540. The molecule has 5 aromatic rings. The number of hydrogen-bond acceptors (Lipinski definition) is 6. The second-order valence-corrected chi connectivity index (χ2v) is 10.3. The highest BCUT2D eigenvalue weighted by atomic mass is 32.1. The summed E-state index contributed by atoms with van der Waals surface area (Å²) in [4.78, 5) is 33.7. The molecule has 0 spiro atoms. The molecule has 9 heteroatoms. The number of anilines is 2. The summed E-state index contributed by atoms with van der Waals surface area (Å²) in [5, 5.41) is 5.14. The van der Waals surface area contributed by atoms with Crippen molar-refractivity contribution in [3.05, 3.63) is 41.9 Å². The average molecular weight is 472 g/mol. The van der Waals surface area contributed by atoms with Crippen molar-refractivity contribution in [3.8, 4) is 0 Å². The van der Waals surface area contributed by atoms with Gasteiger partial charge in [-0.3, -0.25) is 4.79 Å². The molecular formula is C25H25N7OS. The highest BCUT2D eigenvalue weighted by molar-refractivity contribution is 7.22. The summed E-state index contributed by atoms with van der Waals surface area (Å²) in [5.74, 6) is 0.818. The summed E-state index contributed by atoms with van der Waals surface area (Å²) >= 11 is 1.59. The maximum absolute atomic E-state index is 13.9. The van der Waals surface area contributed by atoms with E-state index in [2.05, 4.69) is 37.7 Å². The number of imidazole rings is 1. The number of carbonyl (C=O) groups excluding carboxylic acids is 1. The third-order valence-electron chi connectivity index (χ3n) is 6.96. The van der Waals surface area contributed by atoms with Crippen LogP contribution in [0.25, 0.3) is 32.3 Å². The van der Waals surface area contributed by atoms with Gasteiger partial charge in [0, 0.05) is 18.6 Å². The van der Waals surface area contributed by atoms with E-state index >= 15 is 0 Å². The normalized spacial score (nSPS) is 16.1. The predicted molar refractivity (Wildman–Crippen MR) is 135 cm³/mol. The number of pyridine rings is 1. The molecule has 1 amide bonds. The molecule has 2 saturated carbocycles. The molecule has 0 atom stereocenters. The lowest BCUT2D eigenvalue weighted by molar-refractivity contribution is 0.0718. The van der Waals surface area contributed by atoms with Gasteiger partial charge < -0.3 is 19.8 Å². The van der Waals surface area contributed by atoms with Gasteiger partial charge in [-0.15, -0.1) is 0 Å². The number of hydrogen-bond donors (Lipinski definition) is 2. The Morgan fingerprint density at radius 1 is 1.21 bits per heavy atom. The van der Waals surface area contributed by atoms with Crippen LogP contribution in [-0.2, 0) is 6.54 Å². The number of para-hydroxylation sites is 1. The molecule has 2 aliphatic carbocycles. The molecule has 2 fully saturated rings. The van der Waals surface area contributed by atoms with Crippen molar-refractivity contribution in [1.29, 1.82) is 0 Å². The van der Waals surface area contributed by atoms with Crippen molar-refractivity contribution in [2.45, 2.75) is 58.2 Å². The van der Waals surface area contributed by atoms with Crippen molar-refractivity contribution >= 4 is 60.5 Å². The summed E-state index contributed by atoms with van der Waals surface area (Å²) in [6.07, 6.45) is 6.16. The maximum Gasteiger partial charge on any atom is 0.271 e. The Labute approximate surface area is 200 Å². The maximum atomic E-state index is 13.9. The van der Waals surface area contributed by atoms with Gasteiger partial charge in [0.25, 0.3) is 5.91 Å². The molecule has 4 aromatic heterocycles. The smallest absolute Gasteiger partial charge is 0.271 e. The zero-order valence-electron chi connectivity index (χ0n) is 19.1. The van der Waals surface area contributed by atoms with Crippen LogP contribution in [0.1, 0.15) is 48.7 Å². The number of rotatable bonds is 6. The van der Waals surface area contributed by atoms with Crippen LogP contribution in [0.3, 0.4) is 0 Å². The third-order valence-corrected chi connectivity index (χ3v) is 7.91. The molecule has 34 heavy (non-hydrogen) atoms. The fourth-order valence-corrected chi connectivity index (χ4v) is 5.98. The minimum Gasteiger partial charge on any atom is -0.342 e. The Hall–Kier alpha value is -3.46. The van der Waals surface area contributed by atoms with Gasteiger partial charge in [0.1, 0.15) is 22.4 Å². The summed E-state index contributed by atoms with van der Waals surface area (Å²) in [6.45, 7) is 4.78. The highest BCUT2D eigenvalue weighted by Gasteiger charge is 2.43. The van der Waals surface area contributed by atoms with Gasteiger partial charge in [-0.05, 0) is 57.2 Å². The summed E-state index contributed by atoms with van der Waals surface area (Å²) in [7, 11) is 0. The van der Waals surface area contributed by atoms with E-state index < -0.39 is 0 Å². The molecule has 2 N–H and O–H groups in total. The first-order valence-electron chi connectivity index (χ1n) is 11.9. The second-order valence-electron chi connectivity index (χ2n) is 9.29. The fraction of sp³-hybridized carbons (Fsp3) is 0.360. The van der Waals surface area contributed by atoms with E-state index in [0.717, 1.165) is 74.4 Å². The standard InChI is InChI=1S/C25H25N7OS/c1-3-31-21(24(33)32(14-8-9-14)15-10-11-15)13(2)18-19-20(27-12-26-19)22(29-23(18)31)30-25-28-16-6-4-5-7-17(16)34-25/h4-7,12,14-15H,3,8-11H2,1-2H3,(H,26,27)(H,28,29,30). The van der Waals surface area contributed by atoms with Crippen molar-refractivity contribution in [2.24, 2.45) is 0 Å². The van der Waals surface area contributed by atoms with Gasteiger partial charge in [0.2, 0.25) is 0 Å². The summed E-state index contributed by atoms with van der Waals surface area (Å²) in [6, 6.07) is 8.88. The molecule has 0 bridgehead atoms. The summed E-state index contributed by atoms with van der Waals surface area (Å²) in [5.41, 5.74) is 5.12. The molecule has 172 valence electrons. The lowest BCUT2D eigenvalue weighted by atomic mass is 10.1. The molecule has 8 nitrogen and oxygen atoms in total. The topological polar surface area (TPSA) is 91.7 Å². The molecule has 0 saturated heterocycles. The number of carbonyl (C=O) groups is 1. The third kappa shape index (κ3) is 2.96. The van der Waals surface area contributed by atoms with Gasteiger partial charge in [0.15, 0.2) is 10.9 Å². The number of aromatic amines is 1. The van der Waals surface area contributed by atoms with Gasteiger partial charge in [-0.1, -0.05) is 23.5 Å². The first-order chi connectivity index (χ1) is 16.6. The Morgan fingerprint density at radius 3 is 2.68 bits per heavy atom. The van der Waals surface area contributed by atoms with Crippen LogP contribution in [-0.4, -0.2) is 47.4 Å². The number of nitrogens with one attached hydrogen (secondary N) is 2. The molecule has 4 heterocycles. The van der Waals surface area contributed by atoms with Gasteiger partial charge >= 0.3 is 0 Å². The Kier molecular flexibility index (Phi) is 4.27. The molecule has 0 aliphatic heterocycles. The minimum absolute atomic E-state index is 0.145. The van der Waals surface area contributed by atoms with E-state index in [1.54, 1.807) is 17.7 Å². The number of aryl methyl sites for hydroxylation is 2. The largest absolute Gasteiger partial charge is 0.342 e. The SMILES string of the molecule is CCn1c(C(=O)N(C2CC2)C2CC2)c(C)c2c3nc[nH]c3c(Nc3nc4ccccc4s3)nc21. The number of benzene rings is 1. The van der Waals surface area contributed by atoms with E-state index in [0.29, 0.717) is 24.4 Å². The number of nitrogens with zero attached hydrogens (tertiary/aromatic N) is 5. The second kappa shape index (κ2) is 7.27. The molecule has 1 aromatic carbocycles. The van der Waals surface area contributed by atoms with Crippen LogP contribution in [0.5, 0.6) is 0 Å². The van der Waals surface area contributed by atoms with Gasteiger partial charge in [-0.25, -0.2) is 15.0 Å². The average Bonchev–Trinajstić information content (AvgIpc) is 3.73. The number of aromatic nitrogens is 5. The quantitative estimate of drug-likeness (QED) is 0.348. The summed E-state index contributed by atoms with van der Waals surface area (Å²) < 4.78 is 3.19. The van der Waals surface area contributed by atoms with Crippen LogP contribution in [0.4, 0.5) is 10.9 Å². The first-order valence-corrected chi connectivity index (χ1v) is 12.8. The fourth-order valence-electron chi connectivity index (χ4n) is 5.11. The van der Waals surface area contributed by atoms with Crippen molar-refractivity contribution in [2.75, 3.05) is 5.32 Å². The van der Waals surface area contributed by atoms with E-state index in [9.17, 15) is 4.79 Å². The lowest BCUT2D eigenvalue weighted by Gasteiger charge is -2.23. The van der Waals surface area contributed by atoms with Crippen LogP contribution in [0.2, 0.25) is 0 Å². The van der Waals surface area contributed by atoms with Crippen molar-refractivity contribution in [3.63, 3.8) is 0 Å². The van der Waals surface area contributed by atoms with Gasteiger partial charge in [-0.2, -0.15) is 0 Å². The highest BCUT2D eigenvalue weighted by Crippen LogP contribution is 2.41. The number of amides is 1. The van der Waals surface area contributed by atoms with Crippen molar-refractivity contribution in [1.82, 2.24) is 29.4 Å². The Morgan fingerprint density at radius 2 is 1.97 bits per heavy atom. The molecular weight excluding hydrogens is 446 g/mol. The molecule has 7 rings (SSSR count). The van der Waals surface area contributed by atoms with Gasteiger partial charge in [0.05, 0.1) is 21.9 Å². The number of fused-ring (bicyclic) bond motifs is 4. The van der Waals surface area contributed by atoms with E-state index in [1.807, 2.05) is 25.1 Å². The van der Waals surface area contributed by atoms with Crippen molar-refractivity contribution < 1.29 is 4.79 Å². The first kappa shape index (κ1) is 20.0. The van der Waals surface area contributed by atoms with Crippen LogP contribution < -0.4 is 5.32 Å². The van der Waals surface area contributed by atoms with E-state index in [-0.39, 0.29) is 5.91 Å². The monoisotopic (exact) mass is 471 g/mol. The Balaban J connectivity index is 1.40. The predicted octanol–water partition coefficient (Wildman–Crippen LogP) is 5.36. The zero-order valence-corrected chi connectivity index (χ0v) is 19.9. The number of thiazole rings is 1. The number of H-pyrrole nitrogens is 1.